The monoisotopic (exact) mass is 358 g/mol. The van der Waals surface area contributed by atoms with E-state index in [1.54, 1.807) is 48.5 Å². The van der Waals surface area contributed by atoms with Gasteiger partial charge in [-0.1, -0.05) is 47.1 Å². The first-order valence-electron chi connectivity index (χ1n) is 7.21. The Morgan fingerprint density at radius 1 is 1.04 bits per heavy atom. The molecule has 128 valence electrons. The summed E-state index contributed by atoms with van der Waals surface area (Å²) in [5.74, 6) is -1.22. The molecule has 0 heterocycles. The zero-order valence-electron chi connectivity index (χ0n) is 13.2. The molecule has 0 saturated heterocycles. The van der Waals surface area contributed by atoms with E-state index in [-0.39, 0.29) is 22.0 Å². The molecular weight excluding hydrogens is 344 g/mol. The van der Waals surface area contributed by atoms with Gasteiger partial charge in [0.15, 0.2) is 5.71 Å². The Balaban J connectivity index is 2.07. The topological polar surface area (TPSA) is 103 Å². The minimum absolute atomic E-state index is 0.0244. The largest absolute Gasteiger partial charge is 0.410 e. The van der Waals surface area contributed by atoms with Crippen molar-refractivity contribution in [2.45, 2.75) is 6.92 Å². The third-order valence-electron chi connectivity index (χ3n) is 3.13. The van der Waals surface area contributed by atoms with E-state index in [0.29, 0.717) is 5.69 Å². The number of nitrogens with one attached hydrogen (secondary N) is 2. The van der Waals surface area contributed by atoms with Crippen molar-refractivity contribution < 1.29 is 14.8 Å². The van der Waals surface area contributed by atoms with Crippen molar-refractivity contribution in [3.63, 3.8) is 0 Å². The first-order valence-corrected chi connectivity index (χ1v) is 7.58. The summed E-state index contributed by atoms with van der Waals surface area (Å²) in [4.78, 5) is 24.2. The number of hydrazone groups is 1. The number of anilines is 1. The first kappa shape index (κ1) is 18.2. The van der Waals surface area contributed by atoms with Gasteiger partial charge in [0.05, 0.1) is 16.3 Å². The van der Waals surface area contributed by atoms with Crippen LogP contribution in [0.3, 0.4) is 0 Å². The summed E-state index contributed by atoms with van der Waals surface area (Å²) < 4.78 is 0. The fourth-order valence-corrected chi connectivity index (χ4v) is 2.11. The zero-order valence-corrected chi connectivity index (χ0v) is 14.0. The maximum atomic E-state index is 12.1. The van der Waals surface area contributed by atoms with Crippen molar-refractivity contribution in [2.24, 2.45) is 10.3 Å². The van der Waals surface area contributed by atoms with Crippen LogP contribution in [0.5, 0.6) is 0 Å². The predicted molar refractivity (Wildman–Crippen MR) is 96.3 cm³/mol. The average Bonchev–Trinajstić information content (AvgIpc) is 2.61. The molecule has 25 heavy (non-hydrogen) atoms. The lowest BCUT2D eigenvalue weighted by Gasteiger charge is -2.07. The van der Waals surface area contributed by atoms with Crippen LogP contribution in [0.15, 0.2) is 64.9 Å². The van der Waals surface area contributed by atoms with E-state index in [2.05, 4.69) is 21.0 Å². The lowest BCUT2D eigenvalue weighted by atomic mass is 10.2. The Morgan fingerprint density at radius 2 is 1.68 bits per heavy atom. The predicted octanol–water partition coefficient (Wildman–Crippen LogP) is 2.91. The molecule has 0 unspecified atom stereocenters. The molecule has 0 aliphatic heterocycles. The highest BCUT2D eigenvalue weighted by atomic mass is 35.5. The van der Waals surface area contributed by atoms with Crippen molar-refractivity contribution in [3.05, 3.63) is 65.2 Å². The number of carbonyl (C=O) groups is 2. The van der Waals surface area contributed by atoms with Crippen LogP contribution < -0.4 is 10.7 Å². The molecule has 2 amide bonds. The number of para-hydroxylation sites is 1. The van der Waals surface area contributed by atoms with Crippen LogP contribution in [0.1, 0.15) is 17.3 Å². The van der Waals surface area contributed by atoms with E-state index >= 15 is 0 Å². The fourth-order valence-electron chi connectivity index (χ4n) is 1.89. The molecule has 0 fully saturated rings. The van der Waals surface area contributed by atoms with Crippen LogP contribution >= 0.6 is 11.6 Å². The van der Waals surface area contributed by atoms with Crippen LogP contribution in [-0.4, -0.2) is 28.4 Å². The van der Waals surface area contributed by atoms with E-state index in [9.17, 15) is 9.59 Å². The average molecular weight is 359 g/mol. The number of amides is 2. The van der Waals surface area contributed by atoms with Gasteiger partial charge in [-0.3, -0.25) is 9.59 Å². The number of hydrogen-bond acceptors (Lipinski definition) is 5. The van der Waals surface area contributed by atoms with Gasteiger partial charge in [0.2, 0.25) is 0 Å². The van der Waals surface area contributed by atoms with Gasteiger partial charge < -0.3 is 10.5 Å². The fraction of sp³-hybridized carbons (Fsp3) is 0.0588. The maximum absolute atomic E-state index is 12.1. The number of oxime groups is 1. The van der Waals surface area contributed by atoms with Gasteiger partial charge >= 0.3 is 0 Å². The van der Waals surface area contributed by atoms with Gasteiger partial charge in [-0.05, 0) is 31.2 Å². The number of benzene rings is 2. The van der Waals surface area contributed by atoms with Gasteiger partial charge in [-0.15, -0.1) is 0 Å². The number of rotatable bonds is 5. The van der Waals surface area contributed by atoms with E-state index < -0.39 is 11.8 Å². The molecule has 7 nitrogen and oxygen atoms in total. The number of carbonyl (C=O) groups excluding carboxylic acids is 2. The Kier molecular flexibility index (Phi) is 6.25. The Bertz CT molecular complexity index is 835. The van der Waals surface area contributed by atoms with E-state index in [4.69, 9.17) is 16.8 Å². The molecule has 8 heteroatoms. The van der Waals surface area contributed by atoms with Gasteiger partial charge in [0, 0.05) is 5.69 Å². The third kappa shape index (κ3) is 4.89. The number of nitrogens with zero attached hydrogens (tertiary/aromatic N) is 2. The summed E-state index contributed by atoms with van der Waals surface area (Å²) in [6, 6.07) is 15.1. The molecular formula is C17H15ClN4O3. The summed E-state index contributed by atoms with van der Waals surface area (Å²) >= 11 is 5.93. The van der Waals surface area contributed by atoms with Crippen LogP contribution in [0, 0.1) is 0 Å². The Hall–Kier alpha value is -3.19. The SMILES string of the molecule is CC(=N\NC(=O)c1ccccc1Cl)/C(=N/O)C(=O)Nc1ccccc1. The third-order valence-corrected chi connectivity index (χ3v) is 3.46. The number of hydrogen-bond donors (Lipinski definition) is 3. The van der Waals surface area contributed by atoms with Crippen LogP contribution in [0.4, 0.5) is 5.69 Å². The van der Waals surface area contributed by atoms with Gasteiger partial charge in [0.25, 0.3) is 11.8 Å². The van der Waals surface area contributed by atoms with Gasteiger partial charge in [0.1, 0.15) is 0 Å². The van der Waals surface area contributed by atoms with Crippen LogP contribution in [0.25, 0.3) is 0 Å². The van der Waals surface area contributed by atoms with E-state index in [0.717, 1.165) is 0 Å². The molecule has 2 aromatic rings. The minimum atomic E-state index is -0.665. The van der Waals surface area contributed by atoms with E-state index in [1.807, 2.05) is 0 Å². The maximum Gasteiger partial charge on any atom is 0.279 e. The van der Waals surface area contributed by atoms with Gasteiger partial charge in [-0.25, -0.2) is 5.43 Å². The standard InChI is InChI=1S/C17H15ClN4O3/c1-11(20-21-16(23)13-9-5-6-10-14(13)18)15(22-25)17(24)19-12-7-3-2-4-8-12/h2-10,25H,1H3,(H,19,24)(H,21,23)/b20-11+,22-15-. The lowest BCUT2D eigenvalue weighted by Crippen LogP contribution is -2.31. The molecule has 0 radical (unpaired) electrons. The van der Waals surface area contributed by atoms with Crippen molar-refractivity contribution in [3.8, 4) is 0 Å². The summed E-state index contributed by atoms with van der Waals surface area (Å²) in [7, 11) is 0. The smallest absolute Gasteiger partial charge is 0.279 e. The normalized spacial score (nSPS) is 11.8. The van der Waals surface area contributed by atoms with Crippen molar-refractivity contribution in [1.82, 2.24) is 5.43 Å². The molecule has 0 aliphatic rings. The highest BCUT2D eigenvalue weighted by Crippen LogP contribution is 2.14. The molecule has 0 bridgehead atoms. The summed E-state index contributed by atoms with van der Waals surface area (Å²) in [6.45, 7) is 1.42. The summed E-state index contributed by atoms with van der Waals surface area (Å²) in [5.41, 5.74) is 2.72. The van der Waals surface area contributed by atoms with Crippen LogP contribution in [-0.2, 0) is 4.79 Å². The van der Waals surface area contributed by atoms with Crippen molar-refractivity contribution in [1.29, 1.82) is 0 Å². The second-order valence-electron chi connectivity index (χ2n) is 4.89. The van der Waals surface area contributed by atoms with Crippen molar-refractivity contribution >= 4 is 40.5 Å². The van der Waals surface area contributed by atoms with Crippen molar-refractivity contribution in [2.75, 3.05) is 5.32 Å². The second-order valence-corrected chi connectivity index (χ2v) is 5.29. The van der Waals surface area contributed by atoms with Gasteiger partial charge in [-0.2, -0.15) is 5.10 Å². The summed E-state index contributed by atoms with van der Waals surface area (Å²) in [6.07, 6.45) is 0. The Labute approximate surface area is 149 Å². The highest BCUT2D eigenvalue weighted by molar-refractivity contribution is 6.68. The molecule has 3 N–H and O–H groups in total. The second kappa shape index (κ2) is 8.60. The quantitative estimate of drug-likeness (QED) is 0.435. The molecule has 0 aliphatic carbocycles. The molecule has 0 atom stereocenters. The molecule has 2 rings (SSSR count). The minimum Gasteiger partial charge on any atom is -0.410 e. The molecule has 0 saturated carbocycles. The van der Waals surface area contributed by atoms with Crippen LogP contribution in [0.2, 0.25) is 5.02 Å². The Morgan fingerprint density at radius 3 is 2.32 bits per heavy atom. The molecule has 0 spiro atoms. The zero-order chi connectivity index (χ0) is 18.2. The summed E-state index contributed by atoms with van der Waals surface area (Å²) in [5, 5.41) is 18.6. The lowest BCUT2D eigenvalue weighted by molar-refractivity contribution is -0.110. The van der Waals surface area contributed by atoms with E-state index in [1.165, 1.54) is 13.0 Å². The highest BCUT2D eigenvalue weighted by Gasteiger charge is 2.17. The number of halogens is 1. The molecule has 0 aromatic heterocycles. The molecule has 2 aromatic carbocycles. The first-order chi connectivity index (χ1) is 12.0.